The second kappa shape index (κ2) is 6.30. The molecule has 0 atom stereocenters. The van der Waals surface area contributed by atoms with Crippen molar-refractivity contribution in [3.8, 4) is 0 Å². The van der Waals surface area contributed by atoms with Crippen molar-refractivity contribution in [3.63, 3.8) is 0 Å². The molecule has 6 nitrogen and oxygen atoms in total. The number of nitrogens with two attached hydrogens (primary N) is 1. The monoisotopic (exact) mass is 288 g/mol. The molecule has 2 rings (SSSR count). The van der Waals surface area contributed by atoms with Gasteiger partial charge in [0.2, 0.25) is 0 Å². The summed E-state index contributed by atoms with van der Waals surface area (Å²) < 4.78 is 6.52. The molecule has 2 aromatic rings. The third-order valence-electron chi connectivity index (χ3n) is 3.27. The van der Waals surface area contributed by atoms with Crippen molar-refractivity contribution in [2.24, 2.45) is 7.05 Å². The molecule has 0 bridgehead atoms. The van der Waals surface area contributed by atoms with E-state index in [1.54, 1.807) is 16.8 Å². The summed E-state index contributed by atoms with van der Waals surface area (Å²) in [6.45, 7) is 2.71. The zero-order chi connectivity index (χ0) is 15.4. The second-order valence-electron chi connectivity index (χ2n) is 4.78. The van der Waals surface area contributed by atoms with E-state index in [0.717, 1.165) is 23.4 Å². The molecule has 0 spiro atoms. The number of nitrogens with one attached hydrogen (secondary N) is 1. The molecule has 6 heteroatoms. The van der Waals surface area contributed by atoms with Crippen molar-refractivity contribution >= 4 is 17.3 Å². The number of hydrogen-bond donors (Lipinski definition) is 2. The molecule has 1 heterocycles. The number of rotatable bonds is 5. The number of hydrogen-bond acceptors (Lipinski definition) is 5. The Kier molecular flexibility index (Phi) is 4.47. The first-order chi connectivity index (χ1) is 10.0. The van der Waals surface area contributed by atoms with Gasteiger partial charge in [0.05, 0.1) is 18.4 Å². The fourth-order valence-corrected chi connectivity index (χ4v) is 2.18. The van der Waals surface area contributed by atoms with Gasteiger partial charge in [-0.25, -0.2) is 4.79 Å². The van der Waals surface area contributed by atoms with Gasteiger partial charge in [-0.05, 0) is 24.6 Å². The summed E-state index contributed by atoms with van der Waals surface area (Å²) in [6.07, 6.45) is 2.87. The minimum atomic E-state index is -0.438. The molecule has 0 aliphatic carbocycles. The van der Waals surface area contributed by atoms with E-state index < -0.39 is 5.97 Å². The Morgan fingerprint density at radius 1 is 1.48 bits per heavy atom. The lowest BCUT2D eigenvalue weighted by atomic mass is 10.1. The van der Waals surface area contributed by atoms with Crippen LogP contribution in [0.4, 0.5) is 11.4 Å². The predicted molar refractivity (Wildman–Crippen MR) is 82.1 cm³/mol. The summed E-state index contributed by atoms with van der Waals surface area (Å²) in [5.74, 6) is -0.438. The van der Waals surface area contributed by atoms with Gasteiger partial charge < -0.3 is 15.8 Å². The summed E-state index contributed by atoms with van der Waals surface area (Å²) >= 11 is 0. The van der Waals surface area contributed by atoms with E-state index in [0.29, 0.717) is 17.8 Å². The van der Waals surface area contributed by atoms with Crippen LogP contribution in [0.25, 0.3) is 0 Å². The first kappa shape index (κ1) is 14.9. The zero-order valence-corrected chi connectivity index (χ0v) is 12.5. The molecule has 0 saturated carbocycles. The second-order valence-corrected chi connectivity index (χ2v) is 4.78. The Hall–Kier alpha value is -2.50. The third-order valence-corrected chi connectivity index (χ3v) is 3.27. The van der Waals surface area contributed by atoms with Crippen LogP contribution >= 0.6 is 0 Å². The lowest BCUT2D eigenvalue weighted by molar-refractivity contribution is 0.0602. The van der Waals surface area contributed by atoms with Gasteiger partial charge in [0, 0.05) is 36.7 Å². The average Bonchev–Trinajstić information content (AvgIpc) is 2.85. The first-order valence-electron chi connectivity index (χ1n) is 6.78. The Balaban J connectivity index is 2.15. The van der Waals surface area contributed by atoms with Crippen molar-refractivity contribution in [2.45, 2.75) is 19.9 Å². The molecule has 21 heavy (non-hydrogen) atoms. The minimum Gasteiger partial charge on any atom is -0.465 e. The topological polar surface area (TPSA) is 82.2 Å². The van der Waals surface area contributed by atoms with E-state index >= 15 is 0 Å². The van der Waals surface area contributed by atoms with Crippen molar-refractivity contribution < 1.29 is 9.53 Å². The number of aryl methyl sites for hydroxylation is 2. The van der Waals surface area contributed by atoms with E-state index in [1.807, 2.05) is 19.3 Å². The van der Waals surface area contributed by atoms with E-state index in [9.17, 15) is 4.79 Å². The molecular weight excluding hydrogens is 268 g/mol. The molecular formula is C15H20N4O2. The molecule has 1 aromatic heterocycles. The maximum absolute atomic E-state index is 11.6. The number of carbonyl (C=O) groups is 1. The molecule has 3 N–H and O–H groups in total. The van der Waals surface area contributed by atoms with E-state index in [2.05, 4.69) is 17.3 Å². The lowest BCUT2D eigenvalue weighted by Crippen LogP contribution is -2.07. The van der Waals surface area contributed by atoms with E-state index in [-0.39, 0.29) is 0 Å². The summed E-state index contributed by atoms with van der Waals surface area (Å²) in [4.78, 5) is 11.6. The number of esters is 1. The lowest BCUT2D eigenvalue weighted by Gasteiger charge is -2.09. The first-order valence-corrected chi connectivity index (χ1v) is 6.78. The standard InChI is InChI=1S/C15H20N4O2/c1-4-14-10(9-19(2)18-14)8-17-11-5-6-13(16)12(7-11)15(20)21-3/h5-7,9,17H,4,8,16H2,1-3H3. The van der Waals surface area contributed by atoms with Crippen LogP contribution in [-0.2, 0) is 24.8 Å². The molecule has 0 aliphatic heterocycles. The molecule has 0 aliphatic rings. The highest BCUT2D eigenvalue weighted by molar-refractivity contribution is 5.96. The number of methoxy groups -OCH3 is 1. The maximum Gasteiger partial charge on any atom is 0.340 e. The number of aromatic nitrogens is 2. The largest absolute Gasteiger partial charge is 0.465 e. The van der Waals surface area contributed by atoms with Crippen LogP contribution in [0, 0.1) is 0 Å². The third kappa shape index (κ3) is 3.34. The number of benzene rings is 1. The quantitative estimate of drug-likeness (QED) is 0.649. The van der Waals surface area contributed by atoms with Gasteiger partial charge in [0.15, 0.2) is 0 Å². The van der Waals surface area contributed by atoms with Gasteiger partial charge in [0.25, 0.3) is 0 Å². The smallest absolute Gasteiger partial charge is 0.340 e. The zero-order valence-electron chi connectivity index (χ0n) is 12.5. The summed E-state index contributed by atoms with van der Waals surface area (Å²) in [7, 11) is 3.24. The Morgan fingerprint density at radius 2 is 2.24 bits per heavy atom. The summed E-state index contributed by atoms with van der Waals surface area (Å²) in [5, 5.41) is 7.68. The maximum atomic E-state index is 11.6. The van der Waals surface area contributed by atoms with Gasteiger partial charge in [0.1, 0.15) is 0 Å². The number of nitrogen functional groups attached to an aromatic ring is 1. The number of ether oxygens (including phenoxy) is 1. The SMILES string of the molecule is CCc1nn(C)cc1CNc1ccc(N)c(C(=O)OC)c1. The van der Waals surface area contributed by atoms with Crippen molar-refractivity contribution in [1.82, 2.24) is 9.78 Å². The van der Waals surface area contributed by atoms with Crippen LogP contribution in [0.3, 0.4) is 0 Å². The summed E-state index contributed by atoms with van der Waals surface area (Å²) in [6, 6.07) is 5.23. The van der Waals surface area contributed by atoms with E-state index in [4.69, 9.17) is 10.5 Å². The Morgan fingerprint density at radius 3 is 2.90 bits per heavy atom. The van der Waals surface area contributed by atoms with Crippen LogP contribution in [0.2, 0.25) is 0 Å². The van der Waals surface area contributed by atoms with Crippen LogP contribution in [-0.4, -0.2) is 22.9 Å². The molecule has 0 fully saturated rings. The highest BCUT2D eigenvalue weighted by Gasteiger charge is 2.11. The van der Waals surface area contributed by atoms with Crippen LogP contribution in [0.5, 0.6) is 0 Å². The highest BCUT2D eigenvalue weighted by atomic mass is 16.5. The van der Waals surface area contributed by atoms with Crippen molar-refractivity contribution in [1.29, 1.82) is 0 Å². The van der Waals surface area contributed by atoms with E-state index in [1.165, 1.54) is 7.11 Å². The number of anilines is 2. The summed E-state index contributed by atoms with van der Waals surface area (Å²) in [5.41, 5.74) is 9.57. The van der Waals surface area contributed by atoms with Gasteiger partial charge in [-0.15, -0.1) is 0 Å². The molecule has 0 amide bonds. The van der Waals surface area contributed by atoms with Crippen molar-refractivity contribution in [2.75, 3.05) is 18.2 Å². The number of nitrogens with zero attached hydrogens (tertiary/aromatic N) is 2. The van der Waals surface area contributed by atoms with Crippen LogP contribution < -0.4 is 11.1 Å². The van der Waals surface area contributed by atoms with Gasteiger partial charge >= 0.3 is 5.97 Å². The molecule has 0 saturated heterocycles. The average molecular weight is 288 g/mol. The van der Waals surface area contributed by atoms with Crippen LogP contribution in [0.1, 0.15) is 28.5 Å². The number of carbonyl (C=O) groups excluding carboxylic acids is 1. The highest BCUT2D eigenvalue weighted by Crippen LogP contribution is 2.20. The molecule has 0 unspecified atom stereocenters. The van der Waals surface area contributed by atoms with Gasteiger partial charge in [-0.1, -0.05) is 6.92 Å². The fraction of sp³-hybridized carbons (Fsp3) is 0.333. The molecule has 0 radical (unpaired) electrons. The van der Waals surface area contributed by atoms with Crippen LogP contribution in [0.15, 0.2) is 24.4 Å². The Bertz CT molecular complexity index is 649. The van der Waals surface area contributed by atoms with Gasteiger partial charge in [-0.2, -0.15) is 5.10 Å². The molecule has 1 aromatic carbocycles. The predicted octanol–water partition coefficient (Wildman–Crippen LogP) is 1.96. The Labute approximate surface area is 123 Å². The van der Waals surface area contributed by atoms with Gasteiger partial charge in [-0.3, -0.25) is 4.68 Å². The van der Waals surface area contributed by atoms with Crippen molar-refractivity contribution in [3.05, 3.63) is 41.2 Å². The fourth-order valence-electron chi connectivity index (χ4n) is 2.18. The molecule has 112 valence electrons. The normalized spacial score (nSPS) is 10.4. The minimum absolute atomic E-state index is 0.365.